The predicted octanol–water partition coefficient (Wildman–Crippen LogP) is 4.20. The summed E-state index contributed by atoms with van der Waals surface area (Å²) < 4.78 is 0. The lowest BCUT2D eigenvalue weighted by Crippen LogP contribution is -2.35. The molecule has 0 aromatic heterocycles. The summed E-state index contributed by atoms with van der Waals surface area (Å²) in [7, 11) is 0. The van der Waals surface area contributed by atoms with Crippen molar-refractivity contribution >= 4 is 23.3 Å². The first-order valence-corrected chi connectivity index (χ1v) is 7.30. The molecule has 0 bridgehead atoms. The minimum absolute atomic E-state index is 0.352. The third-order valence-electron chi connectivity index (χ3n) is 3.85. The van der Waals surface area contributed by atoms with E-state index in [1.165, 1.54) is 12.8 Å². The molecule has 0 radical (unpaired) electrons. The number of aromatic carboxylic acids is 1. The molecular formula is C15H20ClNO2. The Morgan fingerprint density at radius 3 is 2.89 bits per heavy atom. The molecule has 0 saturated carbocycles. The minimum atomic E-state index is -0.884. The smallest absolute Gasteiger partial charge is 0.337 e. The maximum absolute atomic E-state index is 11.4. The summed E-state index contributed by atoms with van der Waals surface area (Å²) >= 11 is 6.05. The average Bonchev–Trinajstić information content (AvgIpc) is 2.63. The average molecular weight is 282 g/mol. The van der Waals surface area contributed by atoms with Crippen LogP contribution >= 0.6 is 11.6 Å². The van der Waals surface area contributed by atoms with Crippen LogP contribution in [-0.4, -0.2) is 23.7 Å². The van der Waals surface area contributed by atoms with E-state index >= 15 is 0 Å². The number of carboxylic acid groups (broad SMARTS) is 1. The van der Waals surface area contributed by atoms with Gasteiger partial charge < -0.3 is 10.0 Å². The van der Waals surface area contributed by atoms with Gasteiger partial charge in [-0.1, -0.05) is 31.4 Å². The molecule has 1 aliphatic heterocycles. The summed E-state index contributed by atoms with van der Waals surface area (Å²) in [6.07, 6.45) is 5.71. The summed E-state index contributed by atoms with van der Waals surface area (Å²) in [5, 5.41) is 9.94. The van der Waals surface area contributed by atoms with Gasteiger partial charge in [-0.05, 0) is 37.5 Å². The number of carboxylic acids is 1. The molecule has 1 aromatic rings. The van der Waals surface area contributed by atoms with Gasteiger partial charge in [-0.25, -0.2) is 4.79 Å². The first kappa shape index (κ1) is 14.2. The molecule has 104 valence electrons. The summed E-state index contributed by atoms with van der Waals surface area (Å²) in [6, 6.07) is 5.46. The molecule has 1 saturated heterocycles. The molecule has 1 heterocycles. The summed E-state index contributed by atoms with van der Waals surface area (Å²) in [4.78, 5) is 13.6. The molecule has 0 spiro atoms. The number of hydrogen-bond acceptors (Lipinski definition) is 2. The largest absolute Gasteiger partial charge is 0.478 e. The van der Waals surface area contributed by atoms with Gasteiger partial charge in [-0.3, -0.25) is 0 Å². The van der Waals surface area contributed by atoms with E-state index in [2.05, 4.69) is 11.8 Å². The van der Waals surface area contributed by atoms with Crippen LogP contribution in [0.15, 0.2) is 18.2 Å². The van der Waals surface area contributed by atoms with E-state index in [0.717, 1.165) is 31.5 Å². The second kappa shape index (κ2) is 6.29. The van der Waals surface area contributed by atoms with Gasteiger partial charge in [0.25, 0.3) is 0 Å². The van der Waals surface area contributed by atoms with Crippen molar-refractivity contribution in [2.24, 2.45) is 0 Å². The molecule has 0 aliphatic carbocycles. The molecule has 1 aliphatic rings. The standard InChI is InChI=1S/C15H20ClNO2/c1-2-12-6-4-3-5-9-17(12)14-10-11(16)7-8-13(14)15(18)19/h7-8,10,12H,2-6,9H2,1H3,(H,18,19). The highest BCUT2D eigenvalue weighted by Gasteiger charge is 2.24. The molecule has 19 heavy (non-hydrogen) atoms. The van der Waals surface area contributed by atoms with Gasteiger partial charge in [0.2, 0.25) is 0 Å². The fourth-order valence-corrected chi connectivity index (χ4v) is 3.01. The maximum atomic E-state index is 11.4. The van der Waals surface area contributed by atoms with Crippen LogP contribution in [0.4, 0.5) is 5.69 Å². The monoisotopic (exact) mass is 281 g/mol. The van der Waals surface area contributed by atoms with Gasteiger partial charge in [-0.15, -0.1) is 0 Å². The third-order valence-corrected chi connectivity index (χ3v) is 4.08. The topological polar surface area (TPSA) is 40.5 Å². The molecule has 0 amide bonds. The van der Waals surface area contributed by atoms with E-state index in [0.29, 0.717) is 16.6 Å². The highest BCUT2D eigenvalue weighted by Crippen LogP contribution is 2.31. The van der Waals surface area contributed by atoms with Crippen molar-refractivity contribution in [2.45, 2.75) is 45.1 Å². The van der Waals surface area contributed by atoms with E-state index in [4.69, 9.17) is 11.6 Å². The lowest BCUT2D eigenvalue weighted by molar-refractivity contribution is 0.0697. The molecular weight excluding hydrogens is 262 g/mol. The fraction of sp³-hybridized carbons (Fsp3) is 0.533. The highest BCUT2D eigenvalue weighted by molar-refractivity contribution is 6.31. The first-order valence-electron chi connectivity index (χ1n) is 6.93. The molecule has 4 heteroatoms. The SMILES string of the molecule is CCC1CCCCCN1c1cc(Cl)ccc1C(=O)O. The van der Waals surface area contributed by atoms with E-state index in [9.17, 15) is 9.90 Å². The van der Waals surface area contributed by atoms with Crippen molar-refractivity contribution in [3.63, 3.8) is 0 Å². The number of anilines is 1. The quantitative estimate of drug-likeness (QED) is 0.903. The lowest BCUT2D eigenvalue weighted by Gasteiger charge is -2.32. The summed E-state index contributed by atoms with van der Waals surface area (Å²) in [5.41, 5.74) is 1.12. The Hall–Kier alpha value is -1.22. The normalized spacial score (nSPS) is 20.1. The van der Waals surface area contributed by atoms with E-state index in [1.807, 2.05) is 0 Å². The van der Waals surface area contributed by atoms with Gasteiger partial charge in [-0.2, -0.15) is 0 Å². The Morgan fingerprint density at radius 2 is 2.21 bits per heavy atom. The molecule has 1 aromatic carbocycles. The van der Waals surface area contributed by atoms with Crippen molar-refractivity contribution in [2.75, 3.05) is 11.4 Å². The fourth-order valence-electron chi connectivity index (χ4n) is 2.84. The van der Waals surface area contributed by atoms with Gasteiger partial charge in [0.05, 0.1) is 11.3 Å². The first-order chi connectivity index (χ1) is 9.13. The summed E-state index contributed by atoms with van der Waals surface area (Å²) in [6.45, 7) is 3.08. The van der Waals surface area contributed by atoms with Crippen molar-refractivity contribution in [3.8, 4) is 0 Å². The van der Waals surface area contributed by atoms with Crippen LogP contribution in [0.3, 0.4) is 0 Å². The number of carbonyl (C=O) groups is 1. The van der Waals surface area contributed by atoms with Gasteiger partial charge >= 0.3 is 5.97 Å². The van der Waals surface area contributed by atoms with Crippen molar-refractivity contribution in [1.29, 1.82) is 0 Å². The number of halogens is 1. The minimum Gasteiger partial charge on any atom is -0.478 e. The van der Waals surface area contributed by atoms with E-state index in [-0.39, 0.29) is 0 Å². The van der Waals surface area contributed by atoms with E-state index < -0.39 is 5.97 Å². The van der Waals surface area contributed by atoms with Crippen LogP contribution in [0.1, 0.15) is 49.4 Å². The second-order valence-electron chi connectivity index (χ2n) is 5.07. The van der Waals surface area contributed by atoms with Gasteiger partial charge in [0.15, 0.2) is 0 Å². The maximum Gasteiger partial charge on any atom is 0.337 e. The molecule has 1 unspecified atom stereocenters. The third kappa shape index (κ3) is 3.21. The zero-order chi connectivity index (χ0) is 13.8. The molecule has 1 atom stereocenters. The van der Waals surface area contributed by atoms with Crippen LogP contribution in [0.25, 0.3) is 0 Å². The number of hydrogen-bond donors (Lipinski definition) is 1. The Labute approximate surface area is 119 Å². The van der Waals surface area contributed by atoms with Crippen LogP contribution < -0.4 is 4.90 Å². The zero-order valence-electron chi connectivity index (χ0n) is 11.2. The zero-order valence-corrected chi connectivity index (χ0v) is 12.0. The molecule has 2 rings (SSSR count). The predicted molar refractivity (Wildman–Crippen MR) is 78.3 cm³/mol. The number of rotatable bonds is 3. The Morgan fingerprint density at radius 1 is 1.42 bits per heavy atom. The Kier molecular flexibility index (Phi) is 4.70. The Bertz CT molecular complexity index is 461. The van der Waals surface area contributed by atoms with Crippen LogP contribution in [0.5, 0.6) is 0 Å². The van der Waals surface area contributed by atoms with Crippen molar-refractivity contribution in [3.05, 3.63) is 28.8 Å². The van der Waals surface area contributed by atoms with Crippen molar-refractivity contribution in [1.82, 2.24) is 0 Å². The van der Waals surface area contributed by atoms with Gasteiger partial charge in [0, 0.05) is 17.6 Å². The highest BCUT2D eigenvalue weighted by atomic mass is 35.5. The Balaban J connectivity index is 2.42. The van der Waals surface area contributed by atoms with E-state index in [1.54, 1.807) is 18.2 Å². The second-order valence-corrected chi connectivity index (χ2v) is 5.51. The molecule has 1 N–H and O–H groups in total. The van der Waals surface area contributed by atoms with Gasteiger partial charge in [0.1, 0.15) is 0 Å². The number of benzene rings is 1. The van der Waals surface area contributed by atoms with Crippen LogP contribution in [0.2, 0.25) is 5.02 Å². The molecule has 1 fully saturated rings. The van der Waals surface area contributed by atoms with Crippen LogP contribution in [0, 0.1) is 0 Å². The van der Waals surface area contributed by atoms with Crippen molar-refractivity contribution < 1.29 is 9.90 Å². The molecule has 3 nitrogen and oxygen atoms in total. The lowest BCUT2D eigenvalue weighted by atomic mass is 10.1. The summed E-state index contributed by atoms with van der Waals surface area (Å²) in [5.74, 6) is -0.884. The van der Waals surface area contributed by atoms with Crippen LogP contribution in [-0.2, 0) is 0 Å². The number of nitrogens with zero attached hydrogens (tertiary/aromatic N) is 1.